The molecule has 2 rings (SSSR count). The minimum atomic E-state index is -0.151. The Labute approximate surface area is 131 Å². The summed E-state index contributed by atoms with van der Waals surface area (Å²) in [7, 11) is 0. The predicted octanol–water partition coefficient (Wildman–Crippen LogP) is 4.58. The molecular formula is C19H20N2O. The third-order valence-corrected chi connectivity index (χ3v) is 3.16. The van der Waals surface area contributed by atoms with Gasteiger partial charge in [0.15, 0.2) is 0 Å². The SMILES string of the molecule is CC(C)c1cncc(NC(=O)c2ccccccccc2)c1. The van der Waals surface area contributed by atoms with Crippen LogP contribution < -0.4 is 5.32 Å². The van der Waals surface area contributed by atoms with Crippen molar-refractivity contribution in [2.45, 2.75) is 19.8 Å². The van der Waals surface area contributed by atoms with E-state index in [1.54, 1.807) is 18.3 Å². The lowest BCUT2D eigenvalue weighted by atomic mass is 10.1. The quantitative estimate of drug-likeness (QED) is 0.899. The van der Waals surface area contributed by atoms with E-state index in [1.807, 2.05) is 54.7 Å². The van der Waals surface area contributed by atoms with Gasteiger partial charge in [0.25, 0.3) is 5.91 Å². The van der Waals surface area contributed by atoms with Gasteiger partial charge in [-0.2, -0.15) is 0 Å². The van der Waals surface area contributed by atoms with Crippen molar-refractivity contribution in [1.82, 2.24) is 4.98 Å². The molecule has 0 atom stereocenters. The molecule has 0 aliphatic heterocycles. The first-order chi connectivity index (χ1) is 10.7. The van der Waals surface area contributed by atoms with Crippen molar-refractivity contribution in [3.63, 3.8) is 0 Å². The van der Waals surface area contributed by atoms with Gasteiger partial charge in [0, 0.05) is 11.8 Å². The maximum absolute atomic E-state index is 12.4. The Kier molecular flexibility index (Phi) is 5.66. The predicted molar refractivity (Wildman–Crippen MR) is 90.3 cm³/mol. The molecule has 0 aliphatic carbocycles. The second kappa shape index (κ2) is 7.93. The highest BCUT2D eigenvalue weighted by Gasteiger charge is 2.06. The van der Waals surface area contributed by atoms with Gasteiger partial charge in [-0.1, -0.05) is 56.3 Å². The summed E-state index contributed by atoms with van der Waals surface area (Å²) in [5.74, 6) is 0.221. The number of carbonyl (C=O) groups excluding carboxylic acids is 1. The van der Waals surface area contributed by atoms with Gasteiger partial charge in [0.1, 0.15) is 0 Å². The first kappa shape index (κ1) is 15.7. The van der Waals surface area contributed by atoms with E-state index in [9.17, 15) is 4.79 Å². The Bertz CT molecular complexity index is 669. The number of hydrogen-bond acceptors (Lipinski definition) is 2. The van der Waals surface area contributed by atoms with Gasteiger partial charge in [-0.05, 0) is 29.7 Å². The van der Waals surface area contributed by atoms with Crippen LogP contribution in [-0.4, -0.2) is 10.9 Å². The number of rotatable bonds is 3. The van der Waals surface area contributed by atoms with Crippen molar-refractivity contribution >= 4 is 11.6 Å². The van der Waals surface area contributed by atoms with Crippen LogP contribution in [0.3, 0.4) is 0 Å². The van der Waals surface area contributed by atoms with Crippen molar-refractivity contribution in [3.05, 3.63) is 84.2 Å². The Balaban J connectivity index is 2.24. The minimum Gasteiger partial charge on any atom is -0.321 e. The molecule has 0 spiro atoms. The summed E-state index contributed by atoms with van der Waals surface area (Å²) in [6.45, 7) is 4.19. The zero-order chi connectivity index (χ0) is 15.8. The largest absolute Gasteiger partial charge is 0.321 e. The van der Waals surface area contributed by atoms with Crippen LogP contribution in [-0.2, 0) is 0 Å². The molecule has 1 amide bonds. The molecule has 0 fully saturated rings. The van der Waals surface area contributed by atoms with Crippen LogP contribution in [0, 0.1) is 0 Å². The molecule has 1 aromatic heterocycles. The van der Waals surface area contributed by atoms with Crippen molar-refractivity contribution in [1.29, 1.82) is 0 Å². The summed E-state index contributed by atoms with van der Waals surface area (Å²) in [5.41, 5.74) is 2.40. The van der Waals surface area contributed by atoms with E-state index >= 15 is 0 Å². The lowest BCUT2D eigenvalue weighted by Crippen LogP contribution is -2.11. The van der Waals surface area contributed by atoms with Gasteiger partial charge >= 0.3 is 0 Å². The van der Waals surface area contributed by atoms with Crippen LogP contribution >= 0.6 is 0 Å². The first-order valence-electron chi connectivity index (χ1n) is 7.31. The zero-order valence-electron chi connectivity index (χ0n) is 12.9. The topological polar surface area (TPSA) is 42.0 Å². The molecule has 22 heavy (non-hydrogen) atoms. The standard InChI is InChI=1S/C19H20N2O/c1-15(2)17-12-18(14-20-13-17)21-19(22)16-10-8-6-4-3-5-7-9-11-16/h3-15H,1-2H3,(H,21,22). The molecule has 0 aliphatic rings. The Morgan fingerprint density at radius 3 is 2.14 bits per heavy atom. The van der Waals surface area contributed by atoms with E-state index in [1.165, 1.54) is 0 Å². The third kappa shape index (κ3) is 4.70. The van der Waals surface area contributed by atoms with Crippen LogP contribution in [0.5, 0.6) is 0 Å². The number of pyridine rings is 1. The number of amides is 1. The zero-order valence-corrected chi connectivity index (χ0v) is 12.9. The maximum Gasteiger partial charge on any atom is 0.255 e. The Morgan fingerprint density at radius 2 is 1.55 bits per heavy atom. The van der Waals surface area contributed by atoms with E-state index in [0.717, 1.165) is 5.56 Å². The van der Waals surface area contributed by atoms with Crippen molar-refractivity contribution in [2.75, 3.05) is 5.32 Å². The van der Waals surface area contributed by atoms with Gasteiger partial charge in [0.05, 0.1) is 11.9 Å². The van der Waals surface area contributed by atoms with Crippen LogP contribution in [0.1, 0.15) is 35.7 Å². The Hall–Kier alpha value is -2.68. The van der Waals surface area contributed by atoms with E-state index in [-0.39, 0.29) is 5.91 Å². The summed E-state index contributed by atoms with van der Waals surface area (Å²) >= 11 is 0. The molecule has 1 N–H and O–H groups in total. The highest BCUT2D eigenvalue weighted by Crippen LogP contribution is 2.17. The molecule has 2 aromatic rings. The second-order valence-corrected chi connectivity index (χ2v) is 5.25. The van der Waals surface area contributed by atoms with Gasteiger partial charge in [-0.15, -0.1) is 0 Å². The second-order valence-electron chi connectivity index (χ2n) is 5.25. The summed E-state index contributed by atoms with van der Waals surface area (Å²) in [6.07, 6.45) is 3.48. The monoisotopic (exact) mass is 292 g/mol. The van der Waals surface area contributed by atoms with Crippen molar-refractivity contribution in [2.24, 2.45) is 0 Å². The van der Waals surface area contributed by atoms with Crippen LogP contribution in [0.15, 0.2) is 73.1 Å². The molecule has 1 heterocycles. The molecule has 0 radical (unpaired) electrons. The lowest BCUT2D eigenvalue weighted by molar-refractivity contribution is 0.102. The fourth-order valence-electron chi connectivity index (χ4n) is 1.89. The van der Waals surface area contributed by atoms with Crippen molar-refractivity contribution in [3.8, 4) is 0 Å². The summed E-state index contributed by atoms with van der Waals surface area (Å²) in [5, 5.41) is 2.89. The van der Waals surface area contributed by atoms with Crippen molar-refractivity contribution < 1.29 is 4.79 Å². The molecular weight excluding hydrogens is 272 g/mol. The lowest BCUT2D eigenvalue weighted by Gasteiger charge is -2.08. The Morgan fingerprint density at radius 1 is 0.955 bits per heavy atom. The molecule has 3 heteroatoms. The number of nitrogens with one attached hydrogen (secondary N) is 1. The number of hydrogen-bond donors (Lipinski definition) is 1. The normalized spacial score (nSPS) is 9.95. The average molecular weight is 292 g/mol. The maximum atomic E-state index is 12.4. The molecule has 0 saturated carbocycles. The molecule has 0 unspecified atom stereocenters. The molecule has 3 nitrogen and oxygen atoms in total. The molecule has 1 aromatic carbocycles. The number of carbonyl (C=O) groups is 1. The molecule has 112 valence electrons. The number of anilines is 1. The van der Waals surface area contributed by atoms with Crippen LogP contribution in [0.25, 0.3) is 0 Å². The fraction of sp³-hybridized carbons (Fsp3) is 0.158. The number of aromatic nitrogens is 1. The minimum absolute atomic E-state index is 0.151. The van der Waals surface area contributed by atoms with Gasteiger partial charge < -0.3 is 5.32 Å². The summed E-state index contributed by atoms with van der Waals surface area (Å²) in [4.78, 5) is 16.6. The molecule has 0 bridgehead atoms. The van der Waals surface area contributed by atoms with E-state index < -0.39 is 0 Å². The molecule has 0 saturated heterocycles. The number of nitrogens with zero attached hydrogens (tertiary/aromatic N) is 1. The first-order valence-corrected chi connectivity index (χ1v) is 7.31. The summed E-state index contributed by atoms with van der Waals surface area (Å²) < 4.78 is 0. The highest BCUT2D eigenvalue weighted by molar-refractivity contribution is 6.04. The van der Waals surface area contributed by atoms with Gasteiger partial charge in [-0.25, -0.2) is 0 Å². The summed E-state index contributed by atoms with van der Waals surface area (Å²) in [6, 6.07) is 18.8. The van der Waals surface area contributed by atoms with E-state index in [0.29, 0.717) is 17.2 Å². The van der Waals surface area contributed by atoms with E-state index in [2.05, 4.69) is 24.1 Å². The van der Waals surface area contributed by atoms with Crippen LogP contribution in [0.2, 0.25) is 0 Å². The fourth-order valence-corrected chi connectivity index (χ4v) is 1.89. The van der Waals surface area contributed by atoms with Gasteiger partial charge in [-0.3, -0.25) is 9.78 Å². The highest BCUT2D eigenvalue weighted by atomic mass is 16.1. The van der Waals surface area contributed by atoms with Gasteiger partial charge in [0.2, 0.25) is 0 Å². The van der Waals surface area contributed by atoms with E-state index in [4.69, 9.17) is 0 Å². The third-order valence-electron chi connectivity index (χ3n) is 3.16. The van der Waals surface area contributed by atoms with Crippen LogP contribution in [0.4, 0.5) is 5.69 Å². The average Bonchev–Trinajstić information content (AvgIpc) is 2.52. The smallest absolute Gasteiger partial charge is 0.255 e.